The Bertz CT molecular complexity index is 449. The number of esters is 1. The molecule has 0 fully saturated rings. The fraction of sp³-hybridized carbons (Fsp3) is 0.913. The zero-order valence-electron chi connectivity index (χ0n) is 20.5. The van der Waals surface area contributed by atoms with Gasteiger partial charge in [-0.2, -0.15) is 0 Å². The van der Waals surface area contributed by atoms with Crippen LogP contribution >= 0.6 is 0 Å². The monoisotopic (exact) mass is 464 g/mol. The van der Waals surface area contributed by atoms with Gasteiger partial charge in [-0.25, -0.2) is 0 Å². The molecule has 0 bridgehead atoms. The Labute approximate surface area is 193 Å². The Hall–Kier alpha value is -1.10. The van der Waals surface area contributed by atoms with Crippen molar-refractivity contribution in [3.63, 3.8) is 0 Å². The molecule has 0 saturated carbocycles. The SMILES string of the molecule is CCC(=O)CCOCCOCCOCCOCCOCCOCCCC(=O)OC(C)(C)C. The minimum Gasteiger partial charge on any atom is -0.460 e. The number of ketones is 1. The Morgan fingerprint density at radius 3 is 1.31 bits per heavy atom. The average Bonchev–Trinajstić information content (AvgIpc) is 2.73. The molecule has 0 heterocycles. The minimum absolute atomic E-state index is 0.201. The van der Waals surface area contributed by atoms with E-state index in [-0.39, 0.29) is 11.8 Å². The van der Waals surface area contributed by atoms with Crippen LogP contribution in [0, 0.1) is 0 Å². The number of carbonyl (C=O) groups excluding carboxylic acids is 2. The standard InChI is InChI=1S/C23H44O9/c1-5-21(24)8-10-27-12-14-29-16-18-31-20-19-30-17-15-28-13-11-26-9-6-7-22(25)32-23(2,3)4/h5-20H2,1-4H3. The third-order valence-corrected chi connectivity index (χ3v) is 3.87. The summed E-state index contributed by atoms with van der Waals surface area (Å²) in [5, 5.41) is 0. The molecular formula is C23H44O9. The van der Waals surface area contributed by atoms with Crippen LogP contribution in [0.2, 0.25) is 0 Å². The van der Waals surface area contributed by atoms with E-state index in [2.05, 4.69) is 0 Å². The summed E-state index contributed by atoms with van der Waals surface area (Å²) in [5.74, 6) is 0.0133. The molecule has 0 spiro atoms. The summed E-state index contributed by atoms with van der Waals surface area (Å²) >= 11 is 0. The number of ether oxygens (including phenoxy) is 7. The minimum atomic E-state index is -0.442. The van der Waals surface area contributed by atoms with Gasteiger partial charge in [0.25, 0.3) is 0 Å². The van der Waals surface area contributed by atoms with E-state index in [0.717, 1.165) is 0 Å². The fourth-order valence-electron chi connectivity index (χ4n) is 2.28. The smallest absolute Gasteiger partial charge is 0.306 e. The van der Waals surface area contributed by atoms with Gasteiger partial charge in [0.15, 0.2) is 0 Å². The molecule has 0 atom stereocenters. The third kappa shape index (κ3) is 25.2. The Kier molecular flexibility index (Phi) is 21.0. The van der Waals surface area contributed by atoms with E-state index in [1.54, 1.807) is 0 Å². The maximum atomic E-state index is 11.5. The Morgan fingerprint density at radius 2 is 0.938 bits per heavy atom. The molecule has 0 aliphatic rings. The summed E-state index contributed by atoms with van der Waals surface area (Å²) < 4.78 is 37.6. The van der Waals surface area contributed by atoms with Crippen molar-refractivity contribution in [2.45, 2.75) is 59.0 Å². The van der Waals surface area contributed by atoms with E-state index in [0.29, 0.717) is 105 Å². The summed E-state index contributed by atoms with van der Waals surface area (Å²) in [4.78, 5) is 22.6. The van der Waals surface area contributed by atoms with Crippen LogP contribution in [0.5, 0.6) is 0 Å². The number of rotatable bonds is 23. The number of Topliss-reactive ketones (excluding diaryl/α,β-unsaturated/α-hetero) is 1. The van der Waals surface area contributed by atoms with Gasteiger partial charge >= 0.3 is 5.97 Å². The number of hydrogen-bond acceptors (Lipinski definition) is 9. The van der Waals surface area contributed by atoms with Gasteiger partial charge in [0, 0.05) is 25.9 Å². The molecule has 0 aromatic heterocycles. The molecule has 0 aromatic carbocycles. The molecule has 0 saturated heterocycles. The summed E-state index contributed by atoms with van der Waals surface area (Å²) in [5.41, 5.74) is -0.442. The molecule has 9 heteroatoms. The highest BCUT2D eigenvalue weighted by Gasteiger charge is 2.15. The van der Waals surface area contributed by atoms with Gasteiger partial charge in [-0.3, -0.25) is 9.59 Å². The van der Waals surface area contributed by atoms with Crippen molar-refractivity contribution in [3.8, 4) is 0 Å². The zero-order chi connectivity index (χ0) is 23.9. The first-order valence-electron chi connectivity index (χ1n) is 11.5. The highest BCUT2D eigenvalue weighted by molar-refractivity contribution is 5.78. The Morgan fingerprint density at radius 1 is 0.562 bits per heavy atom. The van der Waals surface area contributed by atoms with Gasteiger partial charge in [-0.05, 0) is 27.2 Å². The van der Waals surface area contributed by atoms with Crippen LogP contribution in [0.4, 0.5) is 0 Å². The van der Waals surface area contributed by atoms with Crippen LogP contribution in [0.1, 0.15) is 53.4 Å². The summed E-state index contributed by atoms with van der Waals surface area (Å²) in [6.45, 7) is 13.3. The molecule has 0 aromatic rings. The molecule has 0 N–H and O–H groups in total. The van der Waals surface area contributed by atoms with E-state index >= 15 is 0 Å². The molecule has 190 valence electrons. The van der Waals surface area contributed by atoms with Crippen molar-refractivity contribution in [1.29, 1.82) is 0 Å². The topological polar surface area (TPSA) is 98.8 Å². The lowest BCUT2D eigenvalue weighted by Crippen LogP contribution is -2.23. The molecule has 0 rings (SSSR count). The maximum absolute atomic E-state index is 11.5. The van der Waals surface area contributed by atoms with Crippen molar-refractivity contribution in [3.05, 3.63) is 0 Å². The van der Waals surface area contributed by atoms with Gasteiger partial charge in [0.2, 0.25) is 0 Å². The number of hydrogen-bond donors (Lipinski definition) is 0. The van der Waals surface area contributed by atoms with Gasteiger partial charge in [0.1, 0.15) is 11.4 Å². The predicted molar refractivity (Wildman–Crippen MR) is 120 cm³/mol. The second-order valence-corrected chi connectivity index (χ2v) is 8.01. The van der Waals surface area contributed by atoms with E-state index in [1.165, 1.54) is 0 Å². The van der Waals surface area contributed by atoms with Gasteiger partial charge in [-0.15, -0.1) is 0 Å². The highest BCUT2D eigenvalue weighted by atomic mass is 16.6. The van der Waals surface area contributed by atoms with E-state index < -0.39 is 5.60 Å². The zero-order valence-corrected chi connectivity index (χ0v) is 20.5. The first kappa shape index (κ1) is 30.9. The van der Waals surface area contributed by atoms with Gasteiger partial charge < -0.3 is 33.2 Å². The first-order chi connectivity index (χ1) is 15.3. The molecule has 32 heavy (non-hydrogen) atoms. The predicted octanol–water partition coefficient (Wildman–Crippen LogP) is 2.58. The molecule has 0 radical (unpaired) electrons. The molecule has 0 aliphatic carbocycles. The second kappa shape index (κ2) is 21.7. The van der Waals surface area contributed by atoms with Crippen LogP contribution in [0.25, 0.3) is 0 Å². The lowest BCUT2D eigenvalue weighted by molar-refractivity contribution is -0.155. The normalized spacial score (nSPS) is 11.6. The van der Waals surface area contributed by atoms with Crippen molar-refractivity contribution < 1.29 is 42.7 Å². The largest absolute Gasteiger partial charge is 0.460 e. The lowest BCUT2D eigenvalue weighted by atomic mass is 10.2. The average molecular weight is 465 g/mol. The Balaban J connectivity index is 3.14. The molecular weight excluding hydrogens is 420 g/mol. The van der Waals surface area contributed by atoms with Crippen LogP contribution in [0.15, 0.2) is 0 Å². The first-order valence-corrected chi connectivity index (χ1v) is 11.5. The summed E-state index contributed by atoms with van der Waals surface area (Å²) in [6, 6.07) is 0. The van der Waals surface area contributed by atoms with Crippen molar-refractivity contribution in [2.24, 2.45) is 0 Å². The third-order valence-electron chi connectivity index (χ3n) is 3.87. The molecule has 0 amide bonds. The van der Waals surface area contributed by atoms with Crippen molar-refractivity contribution in [1.82, 2.24) is 0 Å². The number of carbonyl (C=O) groups is 2. The van der Waals surface area contributed by atoms with Crippen LogP contribution in [-0.2, 0) is 42.7 Å². The molecule has 0 aliphatic heterocycles. The van der Waals surface area contributed by atoms with Crippen molar-refractivity contribution >= 4 is 11.8 Å². The summed E-state index contributed by atoms with van der Waals surface area (Å²) in [7, 11) is 0. The second-order valence-electron chi connectivity index (χ2n) is 8.01. The van der Waals surface area contributed by atoms with Gasteiger partial charge in [0.05, 0.1) is 72.7 Å². The highest BCUT2D eigenvalue weighted by Crippen LogP contribution is 2.09. The summed E-state index contributed by atoms with van der Waals surface area (Å²) in [6.07, 6.45) is 2.02. The van der Waals surface area contributed by atoms with Crippen LogP contribution in [-0.4, -0.2) is 96.6 Å². The molecule has 9 nitrogen and oxygen atoms in total. The molecule has 0 unspecified atom stereocenters. The maximum Gasteiger partial charge on any atom is 0.306 e. The quantitative estimate of drug-likeness (QED) is 0.167. The van der Waals surface area contributed by atoms with Crippen LogP contribution in [0.3, 0.4) is 0 Å². The van der Waals surface area contributed by atoms with E-state index in [4.69, 9.17) is 33.2 Å². The van der Waals surface area contributed by atoms with Crippen LogP contribution < -0.4 is 0 Å². The van der Waals surface area contributed by atoms with E-state index in [1.807, 2.05) is 27.7 Å². The van der Waals surface area contributed by atoms with Crippen molar-refractivity contribution in [2.75, 3.05) is 79.3 Å². The lowest BCUT2D eigenvalue weighted by Gasteiger charge is -2.19. The van der Waals surface area contributed by atoms with E-state index in [9.17, 15) is 9.59 Å². The fourth-order valence-corrected chi connectivity index (χ4v) is 2.28. The van der Waals surface area contributed by atoms with Gasteiger partial charge in [-0.1, -0.05) is 6.92 Å².